The van der Waals surface area contributed by atoms with Gasteiger partial charge in [-0.1, -0.05) is 19.9 Å². The molecule has 0 aliphatic rings. The van der Waals surface area contributed by atoms with Crippen LogP contribution in [-0.4, -0.2) is 12.4 Å². The Morgan fingerprint density at radius 3 is 2.67 bits per heavy atom. The van der Waals surface area contributed by atoms with E-state index in [1.54, 1.807) is 6.92 Å². The van der Waals surface area contributed by atoms with E-state index in [1.807, 2.05) is 19.1 Å². The van der Waals surface area contributed by atoms with Gasteiger partial charge in [-0.25, -0.2) is 4.99 Å². The van der Waals surface area contributed by atoms with E-state index < -0.39 is 0 Å². The standard InChI is InChI=1S/C15H22N2O/c1-5-7-13-10-14(17-12(4)16)8-9-15(13)11(3)18-6-2/h8-10H,3,5-7H2,1-2,4H3,(H2,16,17). The van der Waals surface area contributed by atoms with E-state index in [1.165, 1.54) is 5.56 Å². The maximum absolute atomic E-state index is 5.60. The molecule has 1 rings (SSSR count). The zero-order valence-corrected chi connectivity index (χ0v) is 11.5. The predicted molar refractivity (Wildman–Crippen MR) is 78.1 cm³/mol. The Balaban J connectivity index is 3.11. The third-order valence-corrected chi connectivity index (χ3v) is 2.53. The fraction of sp³-hybridized carbons (Fsp3) is 0.400. The fourth-order valence-corrected chi connectivity index (χ4v) is 1.85. The molecule has 0 bridgehead atoms. The average Bonchev–Trinajstić information content (AvgIpc) is 2.29. The molecule has 0 fully saturated rings. The summed E-state index contributed by atoms with van der Waals surface area (Å²) in [4.78, 5) is 4.27. The van der Waals surface area contributed by atoms with Crippen LogP contribution in [0.4, 0.5) is 5.69 Å². The van der Waals surface area contributed by atoms with Gasteiger partial charge in [-0.3, -0.25) is 0 Å². The molecule has 0 spiro atoms. The molecule has 0 aromatic heterocycles. The SMILES string of the molecule is C=C(OCC)c1ccc(N=C(C)N)cc1CCC. The van der Waals surface area contributed by atoms with Crippen LogP contribution in [0, 0.1) is 0 Å². The molecule has 0 saturated carbocycles. The highest BCUT2D eigenvalue weighted by Gasteiger charge is 2.07. The maximum atomic E-state index is 5.60. The van der Waals surface area contributed by atoms with E-state index in [0.29, 0.717) is 12.4 Å². The van der Waals surface area contributed by atoms with Gasteiger partial charge < -0.3 is 10.5 Å². The molecule has 98 valence electrons. The van der Waals surface area contributed by atoms with Crippen molar-refractivity contribution in [3.8, 4) is 0 Å². The molecule has 0 heterocycles. The minimum Gasteiger partial charge on any atom is -0.494 e. The number of hydrogen-bond donors (Lipinski definition) is 1. The molecule has 0 atom stereocenters. The lowest BCUT2D eigenvalue weighted by molar-refractivity contribution is 0.299. The van der Waals surface area contributed by atoms with Crippen LogP contribution in [0.5, 0.6) is 0 Å². The summed E-state index contributed by atoms with van der Waals surface area (Å²) in [6, 6.07) is 6.00. The smallest absolute Gasteiger partial charge is 0.119 e. The van der Waals surface area contributed by atoms with Crippen LogP contribution >= 0.6 is 0 Å². The lowest BCUT2D eigenvalue weighted by Gasteiger charge is -2.12. The quantitative estimate of drug-likeness (QED) is 0.473. The second-order valence-electron chi connectivity index (χ2n) is 4.20. The number of aliphatic imine (C=N–C) groups is 1. The number of nitrogens with zero attached hydrogens (tertiary/aromatic N) is 1. The predicted octanol–water partition coefficient (Wildman–Crippen LogP) is 3.65. The van der Waals surface area contributed by atoms with Crippen molar-refractivity contribution in [1.82, 2.24) is 0 Å². The molecule has 3 nitrogen and oxygen atoms in total. The molecule has 0 saturated heterocycles. The van der Waals surface area contributed by atoms with Crippen molar-refractivity contribution >= 4 is 17.3 Å². The summed E-state index contributed by atoms with van der Waals surface area (Å²) in [5.74, 6) is 1.29. The molecule has 0 aliphatic heterocycles. The van der Waals surface area contributed by atoms with Gasteiger partial charge in [0.25, 0.3) is 0 Å². The fourth-order valence-electron chi connectivity index (χ4n) is 1.85. The lowest BCUT2D eigenvalue weighted by Crippen LogP contribution is -2.04. The third-order valence-electron chi connectivity index (χ3n) is 2.53. The van der Waals surface area contributed by atoms with E-state index in [-0.39, 0.29) is 0 Å². The van der Waals surface area contributed by atoms with Crippen LogP contribution in [0.25, 0.3) is 5.76 Å². The topological polar surface area (TPSA) is 47.6 Å². The van der Waals surface area contributed by atoms with Crippen LogP contribution in [0.15, 0.2) is 29.8 Å². The van der Waals surface area contributed by atoms with Crippen molar-refractivity contribution in [2.75, 3.05) is 6.61 Å². The first kappa shape index (κ1) is 14.3. The van der Waals surface area contributed by atoms with Crippen molar-refractivity contribution in [1.29, 1.82) is 0 Å². The highest BCUT2D eigenvalue weighted by molar-refractivity contribution is 5.80. The Hall–Kier alpha value is -1.77. The van der Waals surface area contributed by atoms with E-state index in [2.05, 4.69) is 24.6 Å². The molecule has 3 heteroatoms. The number of aryl methyl sites for hydroxylation is 1. The normalized spacial score (nSPS) is 11.4. The number of hydrogen-bond acceptors (Lipinski definition) is 2. The third kappa shape index (κ3) is 3.91. The monoisotopic (exact) mass is 246 g/mol. The molecule has 1 aromatic rings. The van der Waals surface area contributed by atoms with Crippen LogP contribution in [-0.2, 0) is 11.2 Å². The van der Waals surface area contributed by atoms with E-state index in [4.69, 9.17) is 10.5 Å². The minimum absolute atomic E-state index is 0.564. The summed E-state index contributed by atoms with van der Waals surface area (Å²) in [6.45, 7) is 10.5. The van der Waals surface area contributed by atoms with Crippen LogP contribution in [0.2, 0.25) is 0 Å². The van der Waals surface area contributed by atoms with E-state index in [9.17, 15) is 0 Å². The van der Waals surface area contributed by atoms with Crippen molar-refractivity contribution in [2.24, 2.45) is 10.7 Å². The van der Waals surface area contributed by atoms with Crippen molar-refractivity contribution in [2.45, 2.75) is 33.6 Å². The number of benzene rings is 1. The largest absolute Gasteiger partial charge is 0.494 e. The van der Waals surface area contributed by atoms with Gasteiger partial charge in [-0.05, 0) is 44.0 Å². The van der Waals surface area contributed by atoms with Crippen molar-refractivity contribution in [3.63, 3.8) is 0 Å². The Bertz CT molecular complexity index is 446. The maximum Gasteiger partial charge on any atom is 0.119 e. The molecule has 18 heavy (non-hydrogen) atoms. The molecular formula is C15H22N2O. The molecular weight excluding hydrogens is 224 g/mol. The first-order valence-electron chi connectivity index (χ1n) is 6.34. The van der Waals surface area contributed by atoms with Crippen molar-refractivity contribution < 1.29 is 4.74 Å². The molecule has 2 N–H and O–H groups in total. The van der Waals surface area contributed by atoms with Gasteiger partial charge >= 0.3 is 0 Å². The number of ether oxygens (including phenoxy) is 1. The minimum atomic E-state index is 0.564. The Morgan fingerprint density at radius 1 is 1.39 bits per heavy atom. The first-order valence-corrected chi connectivity index (χ1v) is 6.34. The lowest BCUT2D eigenvalue weighted by atomic mass is 10.0. The number of amidine groups is 1. The molecule has 0 aliphatic carbocycles. The summed E-state index contributed by atoms with van der Waals surface area (Å²) in [7, 11) is 0. The van der Waals surface area contributed by atoms with Gasteiger partial charge in [0, 0.05) is 5.56 Å². The highest BCUT2D eigenvalue weighted by Crippen LogP contribution is 2.25. The first-order chi connectivity index (χ1) is 8.58. The number of nitrogens with two attached hydrogens (primary N) is 1. The average molecular weight is 246 g/mol. The van der Waals surface area contributed by atoms with Crippen molar-refractivity contribution in [3.05, 3.63) is 35.9 Å². The summed E-state index contributed by atoms with van der Waals surface area (Å²) in [5.41, 5.74) is 8.75. The van der Waals surface area contributed by atoms with E-state index in [0.717, 1.165) is 29.9 Å². The summed E-state index contributed by atoms with van der Waals surface area (Å²) in [6.07, 6.45) is 2.05. The van der Waals surface area contributed by atoms with Gasteiger partial charge in [-0.2, -0.15) is 0 Å². The van der Waals surface area contributed by atoms with Gasteiger partial charge in [0.05, 0.1) is 18.1 Å². The second kappa shape index (κ2) is 6.84. The summed E-state index contributed by atoms with van der Waals surface area (Å²) >= 11 is 0. The van der Waals surface area contributed by atoms with Crippen LogP contribution < -0.4 is 5.73 Å². The van der Waals surface area contributed by atoms with Crippen LogP contribution in [0.1, 0.15) is 38.3 Å². The second-order valence-corrected chi connectivity index (χ2v) is 4.20. The molecule has 1 aromatic carbocycles. The Labute approximate surface area is 109 Å². The molecule has 0 amide bonds. The summed E-state index contributed by atoms with van der Waals surface area (Å²) in [5, 5.41) is 0. The van der Waals surface area contributed by atoms with E-state index >= 15 is 0 Å². The number of rotatable bonds is 6. The van der Waals surface area contributed by atoms with Crippen LogP contribution in [0.3, 0.4) is 0 Å². The molecule has 0 radical (unpaired) electrons. The van der Waals surface area contributed by atoms with Gasteiger partial charge in [0.1, 0.15) is 5.76 Å². The zero-order valence-electron chi connectivity index (χ0n) is 11.5. The summed E-state index contributed by atoms with van der Waals surface area (Å²) < 4.78 is 5.48. The molecule has 0 unspecified atom stereocenters. The zero-order chi connectivity index (χ0) is 13.5. The Morgan fingerprint density at radius 2 is 2.11 bits per heavy atom. The van der Waals surface area contributed by atoms with Gasteiger partial charge in [0.15, 0.2) is 0 Å². The highest BCUT2D eigenvalue weighted by atomic mass is 16.5. The Kier molecular flexibility index (Phi) is 5.43. The van der Waals surface area contributed by atoms with Gasteiger partial charge in [-0.15, -0.1) is 0 Å². The van der Waals surface area contributed by atoms with Gasteiger partial charge in [0.2, 0.25) is 0 Å².